The monoisotopic (exact) mass is 225 g/mol. The molecule has 0 saturated heterocycles. The van der Waals surface area contributed by atoms with Gasteiger partial charge in [-0.25, -0.2) is 0 Å². The predicted octanol–water partition coefficient (Wildman–Crippen LogP) is 4.52. The first-order valence-electron chi connectivity index (χ1n) is 7.37. The summed E-state index contributed by atoms with van der Waals surface area (Å²) in [6.45, 7) is 8.35. The molecule has 1 N–H and O–H groups in total. The largest absolute Gasteiger partial charge is 0.314 e. The third-order valence-corrected chi connectivity index (χ3v) is 4.05. The Morgan fingerprint density at radius 3 is 2.25 bits per heavy atom. The molecule has 1 saturated carbocycles. The Bertz CT molecular complexity index is 164. The molecule has 0 aromatic carbocycles. The van der Waals surface area contributed by atoms with Crippen LogP contribution in [0.5, 0.6) is 0 Å². The first-order chi connectivity index (χ1) is 7.64. The molecule has 1 heteroatoms. The standard InChI is InChI=1S/C15H31N/c1-4-5-6-7-8-13-16-14-9-11-15(2,3)12-10-14/h14,16H,4-13H2,1-3H3. The molecular formula is C15H31N. The fraction of sp³-hybridized carbons (Fsp3) is 1.00. The van der Waals surface area contributed by atoms with Crippen molar-refractivity contribution in [1.29, 1.82) is 0 Å². The molecule has 1 aliphatic rings. The lowest BCUT2D eigenvalue weighted by Gasteiger charge is -2.34. The van der Waals surface area contributed by atoms with E-state index in [2.05, 4.69) is 26.1 Å². The molecule has 0 radical (unpaired) electrons. The lowest BCUT2D eigenvalue weighted by molar-refractivity contribution is 0.206. The first kappa shape index (κ1) is 14.0. The zero-order valence-electron chi connectivity index (χ0n) is 11.6. The molecule has 1 nitrogen and oxygen atoms in total. The smallest absolute Gasteiger partial charge is 0.00674 e. The second-order valence-corrected chi connectivity index (χ2v) is 6.31. The summed E-state index contributed by atoms with van der Waals surface area (Å²) >= 11 is 0. The second-order valence-electron chi connectivity index (χ2n) is 6.31. The fourth-order valence-corrected chi connectivity index (χ4v) is 2.64. The van der Waals surface area contributed by atoms with Crippen LogP contribution in [-0.4, -0.2) is 12.6 Å². The SMILES string of the molecule is CCCCCCCNC1CCC(C)(C)CC1. The molecular weight excluding hydrogens is 194 g/mol. The zero-order chi connectivity index (χ0) is 11.9. The summed E-state index contributed by atoms with van der Waals surface area (Å²) in [4.78, 5) is 0. The van der Waals surface area contributed by atoms with Crippen LogP contribution in [-0.2, 0) is 0 Å². The zero-order valence-corrected chi connectivity index (χ0v) is 11.6. The summed E-state index contributed by atoms with van der Waals surface area (Å²) < 4.78 is 0. The van der Waals surface area contributed by atoms with Gasteiger partial charge in [-0.15, -0.1) is 0 Å². The Morgan fingerprint density at radius 1 is 1.00 bits per heavy atom. The quantitative estimate of drug-likeness (QED) is 0.628. The molecule has 0 heterocycles. The van der Waals surface area contributed by atoms with Crippen molar-refractivity contribution in [3.05, 3.63) is 0 Å². The van der Waals surface area contributed by atoms with E-state index in [0.717, 1.165) is 6.04 Å². The number of hydrogen-bond donors (Lipinski definition) is 1. The molecule has 0 aromatic heterocycles. The van der Waals surface area contributed by atoms with Crippen LogP contribution in [0.15, 0.2) is 0 Å². The lowest BCUT2D eigenvalue weighted by Crippen LogP contribution is -2.36. The van der Waals surface area contributed by atoms with Gasteiger partial charge in [0.2, 0.25) is 0 Å². The van der Waals surface area contributed by atoms with Crippen molar-refractivity contribution in [3.63, 3.8) is 0 Å². The highest BCUT2D eigenvalue weighted by Crippen LogP contribution is 2.34. The van der Waals surface area contributed by atoms with Crippen molar-refractivity contribution in [1.82, 2.24) is 5.32 Å². The van der Waals surface area contributed by atoms with E-state index in [-0.39, 0.29) is 0 Å². The highest BCUT2D eigenvalue weighted by Gasteiger charge is 2.25. The number of unbranched alkanes of at least 4 members (excludes halogenated alkanes) is 4. The van der Waals surface area contributed by atoms with Crippen molar-refractivity contribution >= 4 is 0 Å². The fourth-order valence-electron chi connectivity index (χ4n) is 2.64. The van der Waals surface area contributed by atoms with Crippen LogP contribution in [0.25, 0.3) is 0 Å². The topological polar surface area (TPSA) is 12.0 Å². The Morgan fingerprint density at radius 2 is 1.62 bits per heavy atom. The molecule has 1 rings (SSSR count). The van der Waals surface area contributed by atoms with Crippen LogP contribution in [0.1, 0.15) is 78.6 Å². The average molecular weight is 225 g/mol. The van der Waals surface area contributed by atoms with Gasteiger partial charge >= 0.3 is 0 Å². The van der Waals surface area contributed by atoms with Gasteiger partial charge in [0.05, 0.1) is 0 Å². The van der Waals surface area contributed by atoms with E-state index in [1.54, 1.807) is 0 Å². The Labute approximate surface area is 102 Å². The Balaban J connectivity index is 1.94. The highest BCUT2D eigenvalue weighted by atomic mass is 14.9. The second kappa shape index (κ2) is 7.32. The highest BCUT2D eigenvalue weighted by molar-refractivity contribution is 4.81. The average Bonchev–Trinajstić information content (AvgIpc) is 2.25. The molecule has 0 spiro atoms. The molecule has 0 bridgehead atoms. The van der Waals surface area contributed by atoms with E-state index < -0.39 is 0 Å². The van der Waals surface area contributed by atoms with E-state index in [1.807, 2.05) is 0 Å². The van der Waals surface area contributed by atoms with Gasteiger partial charge in [-0.2, -0.15) is 0 Å². The molecule has 1 fully saturated rings. The minimum absolute atomic E-state index is 0.610. The normalized spacial score (nSPS) is 21.2. The third kappa shape index (κ3) is 5.89. The van der Waals surface area contributed by atoms with Crippen molar-refractivity contribution in [2.45, 2.75) is 84.6 Å². The van der Waals surface area contributed by atoms with Gasteiger partial charge in [0.15, 0.2) is 0 Å². The minimum Gasteiger partial charge on any atom is -0.314 e. The molecule has 96 valence electrons. The van der Waals surface area contributed by atoms with Crippen LogP contribution < -0.4 is 5.32 Å². The summed E-state index contributed by atoms with van der Waals surface area (Å²) in [7, 11) is 0. The molecule has 1 aliphatic carbocycles. The minimum atomic E-state index is 0.610. The summed E-state index contributed by atoms with van der Waals surface area (Å²) in [6, 6.07) is 0.819. The van der Waals surface area contributed by atoms with Gasteiger partial charge in [-0.1, -0.05) is 46.5 Å². The van der Waals surface area contributed by atoms with Gasteiger partial charge in [-0.05, 0) is 44.1 Å². The number of nitrogens with one attached hydrogen (secondary N) is 1. The third-order valence-electron chi connectivity index (χ3n) is 4.05. The first-order valence-corrected chi connectivity index (χ1v) is 7.37. The summed E-state index contributed by atoms with van der Waals surface area (Å²) in [5.74, 6) is 0. The van der Waals surface area contributed by atoms with Crippen molar-refractivity contribution in [2.75, 3.05) is 6.54 Å². The van der Waals surface area contributed by atoms with Crippen LogP contribution in [0.4, 0.5) is 0 Å². The summed E-state index contributed by atoms with van der Waals surface area (Å²) in [6.07, 6.45) is 12.6. The van der Waals surface area contributed by atoms with E-state index in [0.29, 0.717) is 5.41 Å². The van der Waals surface area contributed by atoms with Crippen LogP contribution in [0.2, 0.25) is 0 Å². The summed E-state index contributed by atoms with van der Waals surface area (Å²) in [5, 5.41) is 3.74. The van der Waals surface area contributed by atoms with Crippen LogP contribution >= 0.6 is 0 Å². The Kier molecular flexibility index (Phi) is 6.41. The van der Waals surface area contributed by atoms with Crippen LogP contribution in [0.3, 0.4) is 0 Å². The molecule has 0 unspecified atom stereocenters. The van der Waals surface area contributed by atoms with Crippen molar-refractivity contribution < 1.29 is 0 Å². The van der Waals surface area contributed by atoms with Crippen LogP contribution in [0, 0.1) is 5.41 Å². The number of hydrogen-bond acceptors (Lipinski definition) is 1. The molecule has 0 aromatic rings. The predicted molar refractivity (Wildman–Crippen MR) is 72.8 cm³/mol. The molecule has 16 heavy (non-hydrogen) atoms. The molecule has 0 atom stereocenters. The molecule has 0 aliphatic heterocycles. The van der Waals surface area contributed by atoms with Gasteiger partial charge in [-0.3, -0.25) is 0 Å². The van der Waals surface area contributed by atoms with Gasteiger partial charge in [0.25, 0.3) is 0 Å². The van der Waals surface area contributed by atoms with E-state index in [4.69, 9.17) is 0 Å². The van der Waals surface area contributed by atoms with Gasteiger partial charge in [0.1, 0.15) is 0 Å². The van der Waals surface area contributed by atoms with E-state index in [1.165, 1.54) is 64.3 Å². The summed E-state index contributed by atoms with van der Waals surface area (Å²) in [5.41, 5.74) is 0.610. The number of rotatable bonds is 7. The van der Waals surface area contributed by atoms with Gasteiger partial charge < -0.3 is 5.32 Å². The van der Waals surface area contributed by atoms with Crippen molar-refractivity contribution in [3.8, 4) is 0 Å². The maximum Gasteiger partial charge on any atom is 0.00674 e. The maximum absolute atomic E-state index is 3.74. The Hall–Kier alpha value is -0.0400. The van der Waals surface area contributed by atoms with E-state index in [9.17, 15) is 0 Å². The maximum atomic E-state index is 3.74. The molecule has 0 amide bonds. The van der Waals surface area contributed by atoms with Gasteiger partial charge in [0, 0.05) is 6.04 Å². The van der Waals surface area contributed by atoms with Crippen molar-refractivity contribution in [2.24, 2.45) is 5.41 Å². The van der Waals surface area contributed by atoms with E-state index >= 15 is 0 Å². The lowest BCUT2D eigenvalue weighted by atomic mass is 9.75.